The van der Waals surface area contributed by atoms with E-state index in [1.165, 1.54) is 25.5 Å². The third kappa shape index (κ3) is 4.17. The van der Waals surface area contributed by atoms with E-state index < -0.39 is 14.8 Å². The van der Waals surface area contributed by atoms with Crippen LogP contribution in [0.3, 0.4) is 0 Å². The van der Waals surface area contributed by atoms with Crippen LogP contribution < -0.4 is 5.32 Å². The Morgan fingerprint density at radius 2 is 1.97 bits per heavy atom. The van der Waals surface area contributed by atoms with Gasteiger partial charge in [-0.1, -0.05) is 40.3 Å². The van der Waals surface area contributed by atoms with E-state index >= 15 is 0 Å². The van der Waals surface area contributed by atoms with E-state index in [-0.39, 0.29) is 12.3 Å². The number of sulfonamides is 1. The van der Waals surface area contributed by atoms with Gasteiger partial charge in [0.25, 0.3) is 5.91 Å². The number of halogens is 1. The van der Waals surface area contributed by atoms with Crippen molar-refractivity contribution in [1.82, 2.24) is 9.79 Å². The van der Waals surface area contributed by atoms with Crippen molar-refractivity contribution in [1.29, 1.82) is 0 Å². The predicted molar refractivity (Wildman–Crippen MR) is 116 cm³/mol. The molecule has 1 atom stereocenters. The van der Waals surface area contributed by atoms with Crippen LogP contribution in [0.25, 0.3) is 5.57 Å². The summed E-state index contributed by atoms with van der Waals surface area (Å²) >= 11 is 7.34. The quantitative estimate of drug-likeness (QED) is 0.670. The highest BCUT2D eigenvalue weighted by Crippen LogP contribution is 2.42. The second-order valence-corrected chi connectivity index (χ2v) is 10.4. The molecule has 1 heterocycles. The first-order chi connectivity index (χ1) is 13.7. The fourth-order valence-corrected chi connectivity index (χ4v) is 5.37. The summed E-state index contributed by atoms with van der Waals surface area (Å²) in [6.45, 7) is 1.65. The minimum atomic E-state index is -3.86. The van der Waals surface area contributed by atoms with Crippen molar-refractivity contribution in [3.05, 3.63) is 75.1 Å². The molecule has 1 aromatic carbocycles. The van der Waals surface area contributed by atoms with Gasteiger partial charge in [0.1, 0.15) is 4.75 Å². The molecule has 0 saturated carbocycles. The van der Waals surface area contributed by atoms with E-state index in [0.717, 1.165) is 4.47 Å². The number of benzene rings is 1. The topological polar surface area (TPSA) is 75.7 Å². The zero-order chi connectivity index (χ0) is 21.2. The average molecular weight is 453 g/mol. The number of hydrogen-bond donors (Lipinski definition) is 1. The summed E-state index contributed by atoms with van der Waals surface area (Å²) in [6, 6.07) is 10.5. The molecule has 6 nitrogen and oxygen atoms in total. The third-order valence-electron chi connectivity index (χ3n) is 4.90. The molecule has 1 aliphatic rings. The van der Waals surface area contributed by atoms with Crippen LogP contribution in [0.1, 0.15) is 28.6 Å². The number of hydrogen-bond acceptors (Lipinski definition) is 5. The highest BCUT2D eigenvalue weighted by Gasteiger charge is 2.46. The number of amides is 1. The first-order valence-corrected chi connectivity index (χ1v) is 11.4. The summed E-state index contributed by atoms with van der Waals surface area (Å²) in [4.78, 5) is 18.0. The van der Waals surface area contributed by atoms with Crippen molar-refractivity contribution >= 4 is 44.4 Å². The van der Waals surface area contributed by atoms with Gasteiger partial charge in [-0.2, -0.15) is 0 Å². The minimum absolute atomic E-state index is 0.164. The summed E-state index contributed by atoms with van der Waals surface area (Å²) in [5.74, 6) is -0.238. The second-order valence-electron chi connectivity index (χ2n) is 6.69. The molecule has 29 heavy (non-hydrogen) atoms. The van der Waals surface area contributed by atoms with E-state index in [0.29, 0.717) is 26.7 Å². The first-order valence-electron chi connectivity index (χ1n) is 8.75. The first kappa shape index (κ1) is 21.7. The van der Waals surface area contributed by atoms with Gasteiger partial charge in [-0.15, -0.1) is 11.3 Å². The molecule has 1 amide bonds. The number of nitrogens with one attached hydrogen (secondary N) is 1. The molecule has 0 spiro atoms. The normalized spacial score (nSPS) is 19.6. The Bertz CT molecular complexity index is 1060. The molecule has 1 aromatic heterocycles. The highest BCUT2D eigenvalue weighted by molar-refractivity contribution is 7.90. The largest absolute Gasteiger partial charge is 0.322 e. The molecule has 0 radical (unpaired) electrons. The average Bonchev–Trinajstić information content (AvgIpc) is 3.24. The zero-order valence-electron chi connectivity index (χ0n) is 16.2. The molecule has 9 heteroatoms. The number of carbonyl (C=O) groups is 1. The maximum absolute atomic E-state index is 13.2. The number of thiophene rings is 1. The van der Waals surface area contributed by atoms with Crippen molar-refractivity contribution in [2.75, 3.05) is 14.2 Å². The molecule has 1 unspecified atom stereocenters. The molecule has 0 bridgehead atoms. The van der Waals surface area contributed by atoms with Crippen molar-refractivity contribution in [2.45, 2.75) is 18.1 Å². The zero-order valence-corrected chi connectivity index (χ0v) is 18.6. The summed E-state index contributed by atoms with van der Waals surface area (Å²) in [6.07, 6.45) is 3.57. The van der Waals surface area contributed by atoms with Gasteiger partial charge in [-0.05, 0) is 54.1 Å². The monoisotopic (exact) mass is 452 g/mol. The molecule has 2 aromatic rings. The van der Waals surface area contributed by atoms with Gasteiger partial charge in [-0.25, -0.2) is 8.42 Å². The standard InChI is InChI=1S/C20H21ClN2O4S2/c1-20(29(25,26)23(2)27-3)11-10-16(22-19(24)18-5-4-12-28-18)13-17(20)14-6-8-15(21)9-7-14/h4-10,12-13H,11H2,1-3H3,(H,22,24). The highest BCUT2D eigenvalue weighted by atomic mass is 35.5. The van der Waals surface area contributed by atoms with E-state index in [2.05, 4.69) is 5.32 Å². The molecule has 1 N–H and O–H groups in total. The van der Waals surface area contributed by atoms with Crippen LogP contribution in [0.15, 0.2) is 59.6 Å². The molecule has 3 rings (SSSR count). The number of rotatable bonds is 6. The number of carbonyl (C=O) groups excluding carboxylic acids is 1. The molecule has 0 aliphatic heterocycles. The van der Waals surface area contributed by atoms with Gasteiger partial charge in [0.15, 0.2) is 0 Å². The molecule has 0 saturated heterocycles. The molecule has 1 aliphatic carbocycles. The summed E-state index contributed by atoms with van der Waals surface area (Å²) in [5.41, 5.74) is 1.78. The van der Waals surface area contributed by atoms with Gasteiger partial charge in [0.05, 0.1) is 12.0 Å². The van der Waals surface area contributed by atoms with Gasteiger partial charge in [-0.3, -0.25) is 9.63 Å². The van der Waals surface area contributed by atoms with E-state index in [1.54, 1.807) is 55.5 Å². The van der Waals surface area contributed by atoms with Gasteiger partial charge in [0.2, 0.25) is 10.0 Å². The van der Waals surface area contributed by atoms with Crippen molar-refractivity contribution in [3.8, 4) is 0 Å². The van der Waals surface area contributed by atoms with E-state index in [4.69, 9.17) is 16.4 Å². The lowest BCUT2D eigenvalue weighted by Gasteiger charge is -2.36. The fourth-order valence-electron chi connectivity index (χ4n) is 3.11. The van der Waals surface area contributed by atoms with Crippen LogP contribution in [0.5, 0.6) is 0 Å². The molecule has 154 valence electrons. The van der Waals surface area contributed by atoms with Gasteiger partial charge >= 0.3 is 0 Å². The molecular weight excluding hydrogens is 432 g/mol. The number of allylic oxidation sites excluding steroid dienone is 2. The number of nitrogens with zero attached hydrogens (tertiary/aromatic N) is 1. The number of hydroxylamine groups is 1. The van der Waals surface area contributed by atoms with Gasteiger partial charge in [0, 0.05) is 17.8 Å². The Morgan fingerprint density at radius 3 is 2.55 bits per heavy atom. The Labute approximate surface area is 179 Å². The molecular formula is C20H21ClN2O4S2. The maximum atomic E-state index is 13.2. The Balaban J connectivity index is 2.04. The third-order valence-corrected chi connectivity index (χ3v) is 8.38. The predicted octanol–water partition coefficient (Wildman–Crippen LogP) is 4.08. The van der Waals surface area contributed by atoms with Crippen LogP contribution in [0.4, 0.5) is 0 Å². The van der Waals surface area contributed by atoms with Crippen molar-refractivity contribution < 1.29 is 18.0 Å². The fraction of sp³-hybridized carbons (Fsp3) is 0.250. The van der Waals surface area contributed by atoms with Crippen molar-refractivity contribution in [2.24, 2.45) is 0 Å². The smallest absolute Gasteiger partial charge is 0.265 e. The van der Waals surface area contributed by atoms with E-state index in [9.17, 15) is 13.2 Å². The lowest BCUT2D eigenvalue weighted by atomic mass is 9.86. The summed E-state index contributed by atoms with van der Waals surface area (Å²) in [7, 11) is -1.20. The molecule has 0 fully saturated rings. The lowest BCUT2D eigenvalue weighted by molar-refractivity contribution is -0.0274. The SMILES string of the molecule is CON(C)S(=O)(=O)C1(C)CC=C(NC(=O)c2cccs2)C=C1c1ccc(Cl)cc1. The Morgan fingerprint density at radius 1 is 1.28 bits per heavy atom. The van der Waals surface area contributed by atoms with Crippen LogP contribution in [0.2, 0.25) is 5.02 Å². The van der Waals surface area contributed by atoms with Crippen molar-refractivity contribution in [3.63, 3.8) is 0 Å². The Hall–Kier alpha value is -1.97. The Kier molecular flexibility index (Phi) is 6.30. The minimum Gasteiger partial charge on any atom is -0.322 e. The van der Waals surface area contributed by atoms with Crippen LogP contribution in [0, 0.1) is 0 Å². The van der Waals surface area contributed by atoms with Gasteiger partial charge < -0.3 is 5.32 Å². The van der Waals surface area contributed by atoms with Crippen LogP contribution in [-0.2, 0) is 14.9 Å². The summed E-state index contributed by atoms with van der Waals surface area (Å²) < 4.78 is 26.0. The van der Waals surface area contributed by atoms with Crippen LogP contribution in [-0.4, -0.2) is 37.7 Å². The van der Waals surface area contributed by atoms with E-state index in [1.807, 2.05) is 5.38 Å². The maximum Gasteiger partial charge on any atom is 0.265 e. The van der Waals surface area contributed by atoms with Crippen LogP contribution >= 0.6 is 22.9 Å². The second kappa shape index (κ2) is 8.41. The lowest BCUT2D eigenvalue weighted by Crippen LogP contribution is -2.46. The summed E-state index contributed by atoms with van der Waals surface area (Å²) in [5, 5.41) is 5.22.